The molecule has 1 aromatic rings. The van der Waals surface area contributed by atoms with Gasteiger partial charge in [-0.1, -0.05) is 13.3 Å². The van der Waals surface area contributed by atoms with E-state index in [2.05, 4.69) is 12.2 Å². The smallest absolute Gasteiger partial charge is 0.339 e. The lowest BCUT2D eigenvalue weighted by Crippen LogP contribution is -2.14. The van der Waals surface area contributed by atoms with Crippen LogP contribution >= 0.6 is 11.3 Å². The van der Waals surface area contributed by atoms with Crippen molar-refractivity contribution in [2.24, 2.45) is 5.92 Å². The predicted octanol–water partition coefficient (Wildman–Crippen LogP) is 2.92. The van der Waals surface area contributed by atoms with Crippen LogP contribution in [0.25, 0.3) is 0 Å². The van der Waals surface area contributed by atoms with Gasteiger partial charge in [0.2, 0.25) is 5.91 Å². The van der Waals surface area contributed by atoms with Crippen molar-refractivity contribution < 1.29 is 14.7 Å². The molecule has 1 heterocycles. The third-order valence-electron chi connectivity index (χ3n) is 3.45. The van der Waals surface area contributed by atoms with Gasteiger partial charge in [-0.15, -0.1) is 11.3 Å². The van der Waals surface area contributed by atoms with E-state index in [0.29, 0.717) is 16.5 Å². The van der Waals surface area contributed by atoms with E-state index in [1.165, 1.54) is 18.3 Å². The van der Waals surface area contributed by atoms with Gasteiger partial charge < -0.3 is 10.4 Å². The van der Waals surface area contributed by atoms with E-state index in [9.17, 15) is 14.7 Å². The van der Waals surface area contributed by atoms with Crippen LogP contribution < -0.4 is 5.32 Å². The highest BCUT2D eigenvalue weighted by molar-refractivity contribution is 7.17. The van der Waals surface area contributed by atoms with E-state index in [4.69, 9.17) is 0 Å². The topological polar surface area (TPSA) is 66.4 Å². The Morgan fingerprint density at radius 3 is 2.78 bits per heavy atom. The number of carboxylic acid groups (broad SMARTS) is 1. The molecule has 0 saturated heterocycles. The molecule has 5 heteroatoms. The fourth-order valence-corrected chi connectivity index (χ4v) is 3.88. The first-order chi connectivity index (χ1) is 8.52. The monoisotopic (exact) mass is 267 g/mol. The summed E-state index contributed by atoms with van der Waals surface area (Å²) in [6.45, 7) is 3.56. The molecule has 18 heavy (non-hydrogen) atoms. The number of aromatic carboxylic acids is 1. The third-order valence-corrected chi connectivity index (χ3v) is 4.62. The Morgan fingerprint density at radius 1 is 1.50 bits per heavy atom. The lowest BCUT2D eigenvalue weighted by atomic mass is 9.86. The molecule has 1 aliphatic rings. The lowest BCUT2D eigenvalue weighted by Gasteiger charge is -2.20. The Kier molecular flexibility index (Phi) is 3.71. The van der Waals surface area contributed by atoms with E-state index >= 15 is 0 Å². The van der Waals surface area contributed by atoms with Crippen LogP contribution in [-0.4, -0.2) is 17.0 Å². The van der Waals surface area contributed by atoms with E-state index in [1.807, 2.05) is 0 Å². The first-order valence-corrected chi connectivity index (χ1v) is 7.00. The molecule has 0 radical (unpaired) electrons. The molecular weight excluding hydrogens is 250 g/mol. The maximum absolute atomic E-state index is 11.3. The standard InChI is InChI=1S/C13H17NO3S/c1-3-8-4-5-9-10(6-8)18-12(14-7(2)15)11(9)13(16)17/h8H,3-6H2,1-2H3,(H,14,15)(H,16,17)/t8-/m0/s1. The van der Waals surface area contributed by atoms with E-state index in [0.717, 1.165) is 36.1 Å². The van der Waals surface area contributed by atoms with Crippen molar-refractivity contribution in [3.8, 4) is 0 Å². The van der Waals surface area contributed by atoms with Crippen molar-refractivity contribution in [1.29, 1.82) is 0 Å². The summed E-state index contributed by atoms with van der Waals surface area (Å²) in [7, 11) is 0. The summed E-state index contributed by atoms with van der Waals surface area (Å²) >= 11 is 1.42. The molecule has 0 aromatic carbocycles. The van der Waals surface area contributed by atoms with E-state index in [1.54, 1.807) is 0 Å². The minimum absolute atomic E-state index is 0.219. The molecule has 0 spiro atoms. The fraction of sp³-hybridized carbons (Fsp3) is 0.538. The molecule has 1 aliphatic carbocycles. The number of carbonyl (C=O) groups excluding carboxylic acids is 1. The quantitative estimate of drug-likeness (QED) is 0.885. The zero-order valence-electron chi connectivity index (χ0n) is 10.6. The second kappa shape index (κ2) is 5.10. The number of fused-ring (bicyclic) bond motifs is 1. The maximum atomic E-state index is 11.3. The highest BCUT2D eigenvalue weighted by Crippen LogP contribution is 2.40. The van der Waals surface area contributed by atoms with Crippen LogP contribution in [0.1, 0.15) is 47.5 Å². The largest absolute Gasteiger partial charge is 0.478 e. The van der Waals surface area contributed by atoms with Crippen LogP contribution in [0.4, 0.5) is 5.00 Å². The van der Waals surface area contributed by atoms with Gasteiger partial charge in [0.25, 0.3) is 0 Å². The summed E-state index contributed by atoms with van der Waals surface area (Å²) in [6, 6.07) is 0. The predicted molar refractivity (Wildman–Crippen MR) is 71.4 cm³/mol. The molecule has 2 rings (SSSR count). The van der Waals surface area contributed by atoms with Crippen molar-refractivity contribution >= 4 is 28.2 Å². The highest BCUT2D eigenvalue weighted by Gasteiger charge is 2.28. The van der Waals surface area contributed by atoms with Gasteiger partial charge in [0.1, 0.15) is 5.00 Å². The van der Waals surface area contributed by atoms with Gasteiger partial charge in [-0.2, -0.15) is 0 Å². The van der Waals surface area contributed by atoms with Crippen molar-refractivity contribution in [2.75, 3.05) is 5.32 Å². The van der Waals surface area contributed by atoms with Crippen LogP contribution in [0.5, 0.6) is 0 Å². The summed E-state index contributed by atoms with van der Waals surface area (Å²) < 4.78 is 0. The molecule has 0 aliphatic heterocycles. The fourth-order valence-electron chi connectivity index (χ4n) is 2.48. The summed E-state index contributed by atoms with van der Waals surface area (Å²) in [4.78, 5) is 23.6. The first kappa shape index (κ1) is 13.1. The molecule has 0 saturated carbocycles. The van der Waals surface area contributed by atoms with Crippen LogP contribution in [0, 0.1) is 5.92 Å². The number of carbonyl (C=O) groups is 2. The Balaban J connectivity index is 2.40. The molecule has 1 amide bonds. The maximum Gasteiger partial charge on any atom is 0.339 e. The Hall–Kier alpha value is -1.36. The first-order valence-electron chi connectivity index (χ1n) is 6.18. The van der Waals surface area contributed by atoms with Gasteiger partial charge in [0.15, 0.2) is 0 Å². The molecule has 4 nitrogen and oxygen atoms in total. The third kappa shape index (κ3) is 2.41. The number of amides is 1. The zero-order valence-corrected chi connectivity index (χ0v) is 11.4. The molecular formula is C13H17NO3S. The van der Waals surface area contributed by atoms with E-state index in [-0.39, 0.29) is 5.91 Å². The molecule has 0 fully saturated rings. The number of anilines is 1. The molecule has 2 N–H and O–H groups in total. The zero-order chi connectivity index (χ0) is 13.3. The van der Waals surface area contributed by atoms with E-state index < -0.39 is 5.97 Å². The van der Waals surface area contributed by atoms with Gasteiger partial charge in [-0.3, -0.25) is 4.79 Å². The van der Waals surface area contributed by atoms with Gasteiger partial charge in [0, 0.05) is 11.8 Å². The average Bonchev–Trinajstić information content (AvgIpc) is 2.64. The minimum atomic E-state index is -0.939. The van der Waals surface area contributed by atoms with Gasteiger partial charge >= 0.3 is 5.97 Å². The number of carboxylic acids is 1. The van der Waals surface area contributed by atoms with Gasteiger partial charge in [-0.25, -0.2) is 4.79 Å². The van der Waals surface area contributed by atoms with Crippen LogP contribution in [0.3, 0.4) is 0 Å². The van der Waals surface area contributed by atoms with Crippen molar-refractivity contribution in [1.82, 2.24) is 0 Å². The lowest BCUT2D eigenvalue weighted by molar-refractivity contribution is -0.114. The molecule has 0 bridgehead atoms. The summed E-state index contributed by atoms with van der Waals surface area (Å²) in [5.41, 5.74) is 1.24. The minimum Gasteiger partial charge on any atom is -0.478 e. The number of thiophene rings is 1. The molecule has 0 unspecified atom stereocenters. The molecule has 98 valence electrons. The van der Waals surface area contributed by atoms with Crippen LogP contribution in [0.15, 0.2) is 0 Å². The van der Waals surface area contributed by atoms with Crippen LogP contribution in [-0.2, 0) is 17.6 Å². The molecule has 1 aromatic heterocycles. The summed E-state index contributed by atoms with van der Waals surface area (Å²) in [6.07, 6.45) is 3.91. The van der Waals surface area contributed by atoms with Crippen molar-refractivity contribution in [2.45, 2.75) is 39.5 Å². The Labute approximate surface area is 110 Å². The Morgan fingerprint density at radius 2 is 2.22 bits per heavy atom. The van der Waals surface area contributed by atoms with Gasteiger partial charge in [0.05, 0.1) is 5.56 Å². The average molecular weight is 267 g/mol. The van der Waals surface area contributed by atoms with Gasteiger partial charge in [-0.05, 0) is 30.7 Å². The second-order valence-corrected chi connectivity index (χ2v) is 5.82. The second-order valence-electron chi connectivity index (χ2n) is 4.71. The number of hydrogen-bond donors (Lipinski definition) is 2. The van der Waals surface area contributed by atoms with Crippen LogP contribution in [0.2, 0.25) is 0 Å². The van der Waals surface area contributed by atoms with Crippen molar-refractivity contribution in [3.63, 3.8) is 0 Å². The highest BCUT2D eigenvalue weighted by atomic mass is 32.1. The number of nitrogens with one attached hydrogen (secondary N) is 1. The number of rotatable bonds is 3. The Bertz CT molecular complexity index is 493. The number of hydrogen-bond acceptors (Lipinski definition) is 3. The molecule has 1 atom stereocenters. The summed E-state index contributed by atoms with van der Waals surface area (Å²) in [5, 5.41) is 12.4. The normalized spacial score (nSPS) is 18.2. The van der Waals surface area contributed by atoms with Crippen molar-refractivity contribution in [3.05, 3.63) is 16.0 Å². The summed E-state index contributed by atoms with van der Waals surface area (Å²) in [5.74, 6) is -0.516. The SMILES string of the molecule is CC[C@H]1CCc2c(sc(NC(C)=O)c2C(=O)O)C1.